The molecule has 0 saturated carbocycles. The van der Waals surface area contributed by atoms with Gasteiger partial charge in [-0.15, -0.1) is 35.0 Å². The Hall–Kier alpha value is -1.63. The molecule has 0 bridgehead atoms. The van der Waals surface area contributed by atoms with Crippen LogP contribution in [-0.2, 0) is 11.3 Å². The van der Waals surface area contributed by atoms with Crippen molar-refractivity contribution in [2.75, 3.05) is 5.32 Å². The number of carbonyl (C=O) groups excluding carboxylic acids is 1. The molecule has 0 aliphatic rings. The fourth-order valence-corrected chi connectivity index (χ4v) is 1.70. The molecule has 0 saturated heterocycles. The number of rotatable bonds is 4. The standard InChI is InChI=1S/C13H17N5O.2ClH/c1-3-18-8-15-17-12(18)10-5-4-6-11(7-10)16-13(19)9(2)14;;/h4-9H,3,14H2,1-2H3,(H,16,19);2*1H. The number of carbonyl (C=O) groups is 1. The lowest BCUT2D eigenvalue weighted by Gasteiger charge is -2.09. The van der Waals surface area contributed by atoms with Crippen LogP contribution in [0, 0.1) is 0 Å². The molecule has 116 valence electrons. The van der Waals surface area contributed by atoms with Gasteiger partial charge in [0.2, 0.25) is 5.91 Å². The van der Waals surface area contributed by atoms with E-state index < -0.39 is 6.04 Å². The lowest BCUT2D eigenvalue weighted by Crippen LogP contribution is -2.32. The van der Waals surface area contributed by atoms with Gasteiger partial charge >= 0.3 is 0 Å². The summed E-state index contributed by atoms with van der Waals surface area (Å²) in [6.45, 7) is 4.46. The maximum atomic E-state index is 11.6. The minimum Gasteiger partial charge on any atom is -0.325 e. The Morgan fingerprint density at radius 2 is 2.14 bits per heavy atom. The maximum Gasteiger partial charge on any atom is 0.240 e. The first-order valence-electron chi connectivity index (χ1n) is 6.16. The summed E-state index contributed by atoms with van der Waals surface area (Å²) < 4.78 is 1.94. The highest BCUT2D eigenvalue weighted by molar-refractivity contribution is 5.94. The average molecular weight is 332 g/mol. The summed E-state index contributed by atoms with van der Waals surface area (Å²) in [6.07, 6.45) is 1.68. The van der Waals surface area contributed by atoms with Gasteiger partial charge in [-0.2, -0.15) is 0 Å². The molecule has 1 heterocycles. The Labute approximate surface area is 135 Å². The molecule has 0 spiro atoms. The van der Waals surface area contributed by atoms with Crippen LogP contribution in [0.4, 0.5) is 5.69 Å². The largest absolute Gasteiger partial charge is 0.325 e. The maximum absolute atomic E-state index is 11.6. The van der Waals surface area contributed by atoms with Crippen molar-refractivity contribution < 1.29 is 4.79 Å². The van der Waals surface area contributed by atoms with E-state index in [1.54, 1.807) is 13.3 Å². The Morgan fingerprint density at radius 3 is 2.76 bits per heavy atom. The van der Waals surface area contributed by atoms with E-state index >= 15 is 0 Å². The minimum absolute atomic E-state index is 0. The molecule has 8 heteroatoms. The van der Waals surface area contributed by atoms with E-state index in [1.165, 1.54) is 0 Å². The fourth-order valence-electron chi connectivity index (χ4n) is 1.70. The normalized spacial score (nSPS) is 11.0. The molecule has 2 aromatic rings. The van der Waals surface area contributed by atoms with Gasteiger partial charge in [-0.25, -0.2) is 0 Å². The second-order valence-corrected chi connectivity index (χ2v) is 4.30. The van der Waals surface area contributed by atoms with Crippen molar-refractivity contribution in [3.05, 3.63) is 30.6 Å². The second kappa shape index (κ2) is 8.61. The number of halogens is 2. The van der Waals surface area contributed by atoms with Crippen molar-refractivity contribution in [2.45, 2.75) is 26.4 Å². The molecule has 0 fully saturated rings. The number of hydrogen-bond acceptors (Lipinski definition) is 4. The van der Waals surface area contributed by atoms with Gasteiger partial charge in [-0.05, 0) is 26.0 Å². The molecular formula is C13H19Cl2N5O. The van der Waals surface area contributed by atoms with E-state index in [1.807, 2.05) is 35.8 Å². The summed E-state index contributed by atoms with van der Waals surface area (Å²) in [5.74, 6) is 0.563. The summed E-state index contributed by atoms with van der Waals surface area (Å²) in [6, 6.07) is 6.92. The van der Waals surface area contributed by atoms with Gasteiger partial charge in [0.25, 0.3) is 0 Å². The van der Waals surface area contributed by atoms with E-state index in [0.717, 1.165) is 17.9 Å². The average Bonchev–Trinajstić information content (AvgIpc) is 2.87. The zero-order valence-corrected chi connectivity index (χ0v) is 13.4. The van der Waals surface area contributed by atoms with E-state index in [9.17, 15) is 4.79 Å². The molecule has 1 atom stereocenters. The highest BCUT2D eigenvalue weighted by Crippen LogP contribution is 2.20. The number of anilines is 1. The molecule has 2 rings (SSSR count). The van der Waals surface area contributed by atoms with Gasteiger partial charge in [-0.3, -0.25) is 4.79 Å². The minimum atomic E-state index is -0.539. The van der Waals surface area contributed by atoms with Gasteiger partial charge in [0.1, 0.15) is 6.33 Å². The molecule has 3 N–H and O–H groups in total. The van der Waals surface area contributed by atoms with Gasteiger partial charge in [0.05, 0.1) is 6.04 Å². The van der Waals surface area contributed by atoms with Crippen LogP contribution in [0.25, 0.3) is 11.4 Å². The number of aryl methyl sites for hydroxylation is 1. The van der Waals surface area contributed by atoms with Gasteiger partial charge in [0.15, 0.2) is 5.82 Å². The van der Waals surface area contributed by atoms with E-state index in [2.05, 4.69) is 15.5 Å². The van der Waals surface area contributed by atoms with Crippen molar-refractivity contribution in [2.24, 2.45) is 5.73 Å². The van der Waals surface area contributed by atoms with Gasteiger partial charge in [-0.1, -0.05) is 12.1 Å². The molecule has 1 aromatic carbocycles. The zero-order valence-electron chi connectivity index (χ0n) is 11.8. The molecule has 1 aromatic heterocycles. The third-order valence-corrected chi connectivity index (χ3v) is 2.76. The lowest BCUT2D eigenvalue weighted by atomic mass is 10.2. The number of aromatic nitrogens is 3. The topological polar surface area (TPSA) is 85.8 Å². The highest BCUT2D eigenvalue weighted by atomic mass is 35.5. The molecule has 0 radical (unpaired) electrons. The summed E-state index contributed by atoms with van der Waals surface area (Å²) in [4.78, 5) is 11.6. The molecule has 0 aliphatic heterocycles. The summed E-state index contributed by atoms with van der Waals surface area (Å²) in [7, 11) is 0. The first-order valence-corrected chi connectivity index (χ1v) is 6.16. The van der Waals surface area contributed by atoms with E-state index in [4.69, 9.17) is 5.73 Å². The smallest absolute Gasteiger partial charge is 0.240 e. The first kappa shape index (κ1) is 19.4. The molecule has 6 nitrogen and oxygen atoms in total. The first-order chi connectivity index (χ1) is 9.11. The Morgan fingerprint density at radius 1 is 1.43 bits per heavy atom. The van der Waals surface area contributed by atoms with Crippen molar-refractivity contribution in [3.8, 4) is 11.4 Å². The third kappa shape index (κ3) is 4.70. The highest BCUT2D eigenvalue weighted by Gasteiger charge is 2.10. The number of benzene rings is 1. The van der Waals surface area contributed by atoms with Crippen LogP contribution >= 0.6 is 24.8 Å². The van der Waals surface area contributed by atoms with Crippen LogP contribution in [0.15, 0.2) is 30.6 Å². The number of nitrogens with two attached hydrogens (primary N) is 1. The predicted octanol–water partition coefficient (Wildman–Crippen LogP) is 2.09. The molecule has 1 amide bonds. The number of nitrogens with one attached hydrogen (secondary N) is 1. The van der Waals surface area contributed by atoms with Crippen LogP contribution < -0.4 is 11.1 Å². The predicted molar refractivity (Wildman–Crippen MR) is 87.9 cm³/mol. The van der Waals surface area contributed by atoms with Crippen LogP contribution in [0.5, 0.6) is 0 Å². The Bertz CT molecular complexity index is 585. The number of hydrogen-bond donors (Lipinski definition) is 2. The summed E-state index contributed by atoms with van der Waals surface area (Å²) in [5.41, 5.74) is 7.13. The van der Waals surface area contributed by atoms with Gasteiger partial charge in [0, 0.05) is 17.8 Å². The fraction of sp³-hybridized carbons (Fsp3) is 0.308. The zero-order chi connectivity index (χ0) is 13.8. The monoisotopic (exact) mass is 331 g/mol. The summed E-state index contributed by atoms with van der Waals surface area (Å²) in [5, 5.41) is 10.7. The van der Waals surface area contributed by atoms with Crippen LogP contribution in [-0.4, -0.2) is 26.7 Å². The van der Waals surface area contributed by atoms with E-state index in [0.29, 0.717) is 5.69 Å². The van der Waals surface area contributed by atoms with Crippen molar-refractivity contribution >= 4 is 36.4 Å². The van der Waals surface area contributed by atoms with Crippen LogP contribution in [0.3, 0.4) is 0 Å². The second-order valence-electron chi connectivity index (χ2n) is 4.30. The van der Waals surface area contributed by atoms with Crippen molar-refractivity contribution in [1.29, 1.82) is 0 Å². The SMILES string of the molecule is CCn1cnnc1-c1cccc(NC(=O)C(C)N)c1.Cl.Cl. The Kier molecular flexibility index (Phi) is 7.94. The lowest BCUT2D eigenvalue weighted by molar-refractivity contribution is -0.117. The molecule has 21 heavy (non-hydrogen) atoms. The summed E-state index contributed by atoms with van der Waals surface area (Å²) >= 11 is 0. The molecular weight excluding hydrogens is 313 g/mol. The number of nitrogens with zero attached hydrogens (tertiary/aromatic N) is 3. The van der Waals surface area contributed by atoms with Crippen molar-refractivity contribution in [3.63, 3.8) is 0 Å². The van der Waals surface area contributed by atoms with Crippen molar-refractivity contribution in [1.82, 2.24) is 14.8 Å². The van der Waals surface area contributed by atoms with E-state index in [-0.39, 0.29) is 30.7 Å². The quantitative estimate of drug-likeness (QED) is 0.898. The number of amides is 1. The van der Waals surface area contributed by atoms with Crippen LogP contribution in [0.1, 0.15) is 13.8 Å². The Balaban J connectivity index is 0.00000200. The van der Waals surface area contributed by atoms with Gasteiger partial charge < -0.3 is 15.6 Å². The third-order valence-electron chi connectivity index (χ3n) is 2.76. The molecule has 1 unspecified atom stereocenters. The molecule has 0 aliphatic carbocycles. The van der Waals surface area contributed by atoms with Crippen LogP contribution in [0.2, 0.25) is 0 Å².